The first-order valence-electron chi connectivity index (χ1n) is 6.56. The van der Waals surface area contributed by atoms with Gasteiger partial charge in [0.1, 0.15) is 6.10 Å². The first-order chi connectivity index (χ1) is 10.1. The van der Waals surface area contributed by atoms with Gasteiger partial charge in [-0.3, -0.25) is 0 Å². The molecule has 2 unspecified atom stereocenters. The smallest absolute Gasteiger partial charge is 0.226 e. The number of nitrogens with zero attached hydrogens (tertiary/aromatic N) is 2. The number of hydrogen-bond acceptors (Lipinski definition) is 5. The van der Waals surface area contributed by atoms with E-state index >= 15 is 0 Å². The van der Waals surface area contributed by atoms with Crippen molar-refractivity contribution in [2.45, 2.75) is 19.1 Å². The molecule has 21 heavy (non-hydrogen) atoms. The third kappa shape index (κ3) is 4.06. The monoisotopic (exact) mass is 307 g/mol. The first-order valence-corrected chi connectivity index (χ1v) is 6.93. The molecule has 0 radical (unpaired) electrons. The van der Waals surface area contributed by atoms with E-state index in [1.54, 1.807) is 26.5 Å². The zero-order valence-corrected chi connectivity index (χ0v) is 13.0. The number of rotatable bonds is 6. The molecule has 1 N–H and O–H groups in total. The number of ether oxygens (including phenoxy) is 2. The Morgan fingerprint density at radius 1 is 1.14 bits per heavy atom. The van der Waals surface area contributed by atoms with Crippen LogP contribution in [0.3, 0.4) is 0 Å². The van der Waals surface area contributed by atoms with Gasteiger partial charge in [0.05, 0.1) is 13.2 Å². The number of hydrogen-bond donors (Lipinski definition) is 1. The average molecular weight is 308 g/mol. The summed E-state index contributed by atoms with van der Waals surface area (Å²) in [4.78, 5) is 8.41. The summed E-state index contributed by atoms with van der Waals surface area (Å²) >= 11 is 5.91. The largest absolute Gasteiger partial charge is 0.481 e. The maximum atomic E-state index is 5.91. The molecule has 0 bridgehead atoms. The van der Waals surface area contributed by atoms with Crippen LogP contribution in [0.2, 0.25) is 5.02 Å². The molecular formula is C15H18ClN3O2. The van der Waals surface area contributed by atoms with E-state index in [1.165, 1.54) is 0 Å². The zero-order chi connectivity index (χ0) is 15.2. The Bertz CT molecular complexity index is 577. The van der Waals surface area contributed by atoms with Crippen molar-refractivity contribution in [3.8, 4) is 5.88 Å². The van der Waals surface area contributed by atoms with Gasteiger partial charge < -0.3 is 14.8 Å². The van der Waals surface area contributed by atoms with Crippen LogP contribution in [0.4, 0.5) is 5.95 Å². The van der Waals surface area contributed by atoms with E-state index in [0.717, 1.165) is 5.56 Å². The van der Waals surface area contributed by atoms with Crippen molar-refractivity contribution in [3.63, 3.8) is 0 Å². The fraction of sp³-hybridized carbons (Fsp3) is 0.333. The van der Waals surface area contributed by atoms with Crippen molar-refractivity contribution in [2.24, 2.45) is 0 Å². The second-order valence-corrected chi connectivity index (χ2v) is 5.00. The van der Waals surface area contributed by atoms with Gasteiger partial charge in [-0.1, -0.05) is 23.7 Å². The van der Waals surface area contributed by atoms with Crippen molar-refractivity contribution < 1.29 is 9.47 Å². The number of anilines is 1. The van der Waals surface area contributed by atoms with Gasteiger partial charge in [-0.2, -0.15) is 4.98 Å². The van der Waals surface area contributed by atoms with Gasteiger partial charge >= 0.3 is 0 Å². The number of benzene rings is 1. The summed E-state index contributed by atoms with van der Waals surface area (Å²) in [5.41, 5.74) is 1.03. The van der Waals surface area contributed by atoms with E-state index in [9.17, 15) is 0 Å². The Morgan fingerprint density at radius 2 is 1.86 bits per heavy atom. The minimum absolute atomic E-state index is 0.0247. The van der Waals surface area contributed by atoms with Crippen LogP contribution < -0.4 is 10.1 Å². The van der Waals surface area contributed by atoms with E-state index in [4.69, 9.17) is 21.1 Å². The molecule has 0 saturated carbocycles. The second-order valence-electron chi connectivity index (χ2n) is 4.56. The lowest BCUT2D eigenvalue weighted by Gasteiger charge is -2.24. The van der Waals surface area contributed by atoms with Gasteiger partial charge in [0, 0.05) is 24.4 Å². The second kappa shape index (κ2) is 7.24. The van der Waals surface area contributed by atoms with Crippen molar-refractivity contribution in [2.75, 3.05) is 19.5 Å². The minimum atomic E-state index is -0.142. The topological polar surface area (TPSA) is 56.3 Å². The van der Waals surface area contributed by atoms with Crippen molar-refractivity contribution in [1.82, 2.24) is 9.97 Å². The maximum absolute atomic E-state index is 5.91. The number of halogens is 1. The van der Waals surface area contributed by atoms with Crippen LogP contribution in [0.15, 0.2) is 36.5 Å². The van der Waals surface area contributed by atoms with Crippen molar-refractivity contribution in [1.29, 1.82) is 0 Å². The van der Waals surface area contributed by atoms with E-state index in [1.807, 2.05) is 31.2 Å². The number of aromatic nitrogens is 2. The van der Waals surface area contributed by atoms with Crippen LogP contribution in [-0.4, -0.2) is 30.2 Å². The highest BCUT2D eigenvalue weighted by Gasteiger charge is 2.19. The molecule has 5 nitrogen and oxygen atoms in total. The highest BCUT2D eigenvalue weighted by Crippen LogP contribution is 2.24. The molecule has 0 fully saturated rings. The third-order valence-electron chi connectivity index (χ3n) is 3.10. The molecule has 112 valence electrons. The third-order valence-corrected chi connectivity index (χ3v) is 3.35. The normalized spacial score (nSPS) is 13.5. The molecule has 2 aromatic rings. The molecular weight excluding hydrogens is 290 g/mol. The average Bonchev–Trinajstić information content (AvgIpc) is 2.50. The fourth-order valence-electron chi connectivity index (χ4n) is 2.09. The van der Waals surface area contributed by atoms with Crippen LogP contribution >= 0.6 is 11.6 Å². The molecule has 1 aromatic carbocycles. The summed E-state index contributed by atoms with van der Waals surface area (Å²) in [7, 11) is 3.24. The zero-order valence-electron chi connectivity index (χ0n) is 12.2. The Morgan fingerprint density at radius 3 is 2.48 bits per heavy atom. The van der Waals surface area contributed by atoms with E-state index in [-0.39, 0.29) is 12.1 Å². The fourth-order valence-corrected chi connectivity index (χ4v) is 2.21. The standard InChI is InChI=1S/C15H18ClN3O2/c1-10(18-15-17-9-8-13(19-15)20-2)14(21-3)11-4-6-12(16)7-5-11/h4-10,14H,1-3H3,(H,17,18,19). The highest BCUT2D eigenvalue weighted by atomic mass is 35.5. The Kier molecular flexibility index (Phi) is 5.36. The Labute approximate surface area is 129 Å². The minimum Gasteiger partial charge on any atom is -0.481 e. The van der Waals surface area contributed by atoms with E-state index < -0.39 is 0 Å². The van der Waals surface area contributed by atoms with Gasteiger partial charge in [-0.05, 0) is 24.6 Å². The maximum Gasteiger partial charge on any atom is 0.226 e. The predicted molar refractivity (Wildman–Crippen MR) is 82.9 cm³/mol. The molecule has 2 atom stereocenters. The Hall–Kier alpha value is -1.85. The van der Waals surface area contributed by atoms with Crippen LogP contribution in [0, 0.1) is 0 Å². The molecule has 0 spiro atoms. The van der Waals surface area contributed by atoms with Gasteiger partial charge in [0.15, 0.2) is 0 Å². The summed E-state index contributed by atoms with van der Waals surface area (Å²) in [6, 6.07) is 9.25. The molecule has 2 rings (SSSR count). The lowest BCUT2D eigenvalue weighted by molar-refractivity contribution is 0.0905. The van der Waals surface area contributed by atoms with Gasteiger partial charge in [0.2, 0.25) is 11.8 Å². The molecule has 0 aliphatic rings. The van der Waals surface area contributed by atoms with E-state index in [2.05, 4.69) is 15.3 Å². The quantitative estimate of drug-likeness (QED) is 0.887. The molecule has 1 aromatic heterocycles. The predicted octanol–water partition coefficient (Wildman–Crippen LogP) is 3.33. The summed E-state index contributed by atoms with van der Waals surface area (Å²) in [6.07, 6.45) is 1.50. The van der Waals surface area contributed by atoms with Crippen molar-refractivity contribution >= 4 is 17.5 Å². The number of methoxy groups -OCH3 is 2. The van der Waals surface area contributed by atoms with E-state index in [0.29, 0.717) is 16.9 Å². The molecule has 0 aliphatic heterocycles. The summed E-state index contributed by atoms with van der Waals surface area (Å²) in [5.74, 6) is 1.01. The molecule has 0 aliphatic carbocycles. The summed E-state index contributed by atoms with van der Waals surface area (Å²) < 4.78 is 10.7. The lowest BCUT2D eigenvalue weighted by atomic mass is 10.0. The molecule has 0 saturated heterocycles. The molecule has 1 heterocycles. The van der Waals surface area contributed by atoms with Gasteiger partial charge in [-0.15, -0.1) is 0 Å². The lowest BCUT2D eigenvalue weighted by Crippen LogP contribution is -2.26. The first kappa shape index (κ1) is 15.5. The van der Waals surface area contributed by atoms with Gasteiger partial charge in [0.25, 0.3) is 0 Å². The van der Waals surface area contributed by atoms with Crippen LogP contribution in [0.5, 0.6) is 5.88 Å². The number of nitrogens with one attached hydrogen (secondary N) is 1. The van der Waals surface area contributed by atoms with Crippen LogP contribution in [0.25, 0.3) is 0 Å². The summed E-state index contributed by atoms with van der Waals surface area (Å²) in [5, 5.41) is 3.92. The van der Waals surface area contributed by atoms with Gasteiger partial charge in [-0.25, -0.2) is 4.98 Å². The highest BCUT2D eigenvalue weighted by molar-refractivity contribution is 6.30. The van der Waals surface area contributed by atoms with Crippen molar-refractivity contribution in [3.05, 3.63) is 47.1 Å². The SMILES string of the molecule is COc1ccnc(NC(C)C(OC)c2ccc(Cl)cc2)n1. The van der Waals surface area contributed by atoms with Crippen LogP contribution in [0.1, 0.15) is 18.6 Å². The van der Waals surface area contributed by atoms with Crippen LogP contribution in [-0.2, 0) is 4.74 Å². The summed E-state index contributed by atoms with van der Waals surface area (Å²) in [6.45, 7) is 2.01. The molecule has 6 heteroatoms. The molecule has 0 amide bonds. The Balaban J connectivity index is 2.12.